The minimum absolute atomic E-state index is 0.0524. The van der Waals surface area contributed by atoms with Gasteiger partial charge in [0.05, 0.1) is 12.7 Å². The van der Waals surface area contributed by atoms with E-state index in [0.29, 0.717) is 57.5 Å². The van der Waals surface area contributed by atoms with Crippen molar-refractivity contribution in [3.05, 3.63) is 64.9 Å². The number of fused-ring (bicyclic) bond motifs is 3. The van der Waals surface area contributed by atoms with Crippen molar-refractivity contribution in [2.75, 3.05) is 44.7 Å². The maximum absolute atomic E-state index is 15.5. The molecule has 3 aromatic rings. The molecule has 5 rings (SSSR count). The molecule has 0 radical (unpaired) electrons. The number of rotatable bonds is 10. The number of nitrogens with one attached hydrogen (secondary N) is 3. The van der Waals surface area contributed by atoms with Gasteiger partial charge in [0.25, 0.3) is 0 Å². The zero-order valence-electron chi connectivity index (χ0n) is 19.1. The lowest BCUT2D eigenvalue weighted by atomic mass is 9.91. The second-order valence-corrected chi connectivity index (χ2v) is 9.41. The van der Waals surface area contributed by atoms with Crippen LogP contribution in [0.4, 0.5) is 23.2 Å². The van der Waals surface area contributed by atoms with Crippen LogP contribution in [0.25, 0.3) is 10.9 Å². The first kappa shape index (κ1) is 23.2. The monoisotopic (exact) mass is 474 g/mol. The van der Waals surface area contributed by atoms with Gasteiger partial charge in [0.1, 0.15) is 17.3 Å². The minimum atomic E-state index is -1.27. The Morgan fingerprint density at radius 3 is 2.56 bits per heavy atom. The standard InChI is InChI=1S/C26H30F4N4/c27-9-3-10-31-11-12-32-17-14-20(28)23(21(29)15-17)25-24-19(18-4-1-2-5-22(18)33-24)6-13-34(25)16-26(30)7-8-26/h1-2,4-5,14-15,25,31-33H,3,6-13,16H2/t25-/m1/s1. The Morgan fingerprint density at radius 2 is 1.82 bits per heavy atom. The number of alkyl halides is 2. The van der Waals surface area contributed by atoms with Gasteiger partial charge in [-0.25, -0.2) is 13.2 Å². The molecular formula is C26H30F4N4. The second-order valence-electron chi connectivity index (χ2n) is 9.41. The van der Waals surface area contributed by atoms with Gasteiger partial charge in [0.2, 0.25) is 0 Å². The maximum atomic E-state index is 15.5. The van der Waals surface area contributed by atoms with E-state index in [1.165, 1.54) is 12.1 Å². The van der Waals surface area contributed by atoms with Crippen LogP contribution in [0.1, 0.15) is 42.1 Å². The smallest absolute Gasteiger partial charge is 0.133 e. The summed E-state index contributed by atoms with van der Waals surface area (Å²) in [6, 6.07) is 9.72. The number of hydrogen-bond donors (Lipinski definition) is 3. The first-order valence-corrected chi connectivity index (χ1v) is 12.0. The molecule has 1 saturated carbocycles. The number of anilines is 1. The van der Waals surface area contributed by atoms with Gasteiger partial charge in [-0.15, -0.1) is 0 Å². The molecule has 4 nitrogen and oxygen atoms in total. The molecule has 0 unspecified atom stereocenters. The van der Waals surface area contributed by atoms with Crippen molar-refractivity contribution in [1.29, 1.82) is 0 Å². The average Bonchev–Trinajstić information content (AvgIpc) is 3.42. The van der Waals surface area contributed by atoms with Crippen molar-refractivity contribution in [1.82, 2.24) is 15.2 Å². The highest BCUT2D eigenvalue weighted by atomic mass is 19.1. The number of aromatic amines is 1. The van der Waals surface area contributed by atoms with Crippen molar-refractivity contribution in [3.63, 3.8) is 0 Å². The van der Waals surface area contributed by atoms with E-state index in [1.54, 1.807) is 0 Å². The zero-order chi connectivity index (χ0) is 23.7. The summed E-state index contributed by atoms with van der Waals surface area (Å²) in [5, 5.41) is 7.13. The van der Waals surface area contributed by atoms with Crippen LogP contribution in [0.3, 0.4) is 0 Å². The Labute approximate surface area is 196 Å². The molecule has 2 heterocycles. The van der Waals surface area contributed by atoms with Gasteiger partial charge in [-0.3, -0.25) is 9.29 Å². The number of para-hydroxylation sites is 1. The molecule has 8 heteroatoms. The molecule has 0 bridgehead atoms. The minimum Gasteiger partial charge on any atom is -0.384 e. The summed E-state index contributed by atoms with van der Waals surface area (Å²) in [5.74, 6) is -1.31. The molecule has 2 aliphatic rings. The van der Waals surface area contributed by atoms with E-state index in [4.69, 9.17) is 0 Å². The Morgan fingerprint density at radius 1 is 1.06 bits per heavy atom. The number of halogens is 4. The third-order valence-electron chi connectivity index (χ3n) is 6.88. The van der Waals surface area contributed by atoms with Gasteiger partial charge in [-0.2, -0.15) is 0 Å². The van der Waals surface area contributed by atoms with Gasteiger partial charge in [-0.1, -0.05) is 18.2 Å². The maximum Gasteiger partial charge on any atom is 0.133 e. The van der Waals surface area contributed by atoms with E-state index < -0.39 is 23.3 Å². The van der Waals surface area contributed by atoms with Crippen LogP contribution in [0.2, 0.25) is 0 Å². The third kappa shape index (κ3) is 4.66. The van der Waals surface area contributed by atoms with Crippen LogP contribution >= 0.6 is 0 Å². The van der Waals surface area contributed by atoms with E-state index in [2.05, 4.69) is 15.6 Å². The lowest BCUT2D eigenvalue weighted by molar-refractivity contribution is 0.135. The SMILES string of the molecule is FCCCNCCNc1cc(F)c([C@@H]2c3[nH]c4ccccc4c3CCN2CC2(F)CC2)c(F)c1. The molecule has 0 spiro atoms. The summed E-state index contributed by atoms with van der Waals surface area (Å²) in [6.07, 6.45) is 2.11. The van der Waals surface area contributed by atoms with E-state index in [0.717, 1.165) is 22.2 Å². The first-order chi connectivity index (χ1) is 16.5. The molecule has 1 atom stereocenters. The largest absolute Gasteiger partial charge is 0.384 e. The van der Waals surface area contributed by atoms with E-state index in [9.17, 15) is 8.78 Å². The third-order valence-corrected chi connectivity index (χ3v) is 6.88. The van der Waals surface area contributed by atoms with Crippen LogP contribution in [0.5, 0.6) is 0 Å². The fourth-order valence-corrected chi connectivity index (χ4v) is 5.01. The molecule has 2 aromatic carbocycles. The fraction of sp³-hybridized carbons (Fsp3) is 0.462. The molecular weight excluding hydrogens is 444 g/mol. The summed E-state index contributed by atoms with van der Waals surface area (Å²) < 4.78 is 57.9. The van der Waals surface area contributed by atoms with Gasteiger partial charge >= 0.3 is 0 Å². The lowest BCUT2D eigenvalue weighted by Crippen LogP contribution is -2.41. The molecule has 34 heavy (non-hydrogen) atoms. The van der Waals surface area contributed by atoms with Crippen LogP contribution in [-0.2, 0) is 6.42 Å². The summed E-state index contributed by atoms with van der Waals surface area (Å²) in [5.41, 5.74) is 1.72. The summed E-state index contributed by atoms with van der Waals surface area (Å²) in [7, 11) is 0. The quantitative estimate of drug-likeness (QED) is 0.278. The molecule has 3 N–H and O–H groups in total. The summed E-state index contributed by atoms with van der Waals surface area (Å²) >= 11 is 0. The Hall–Kier alpha value is -2.58. The van der Waals surface area contributed by atoms with Crippen molar-refractivity contribution in [2.24, 2.45) is 0 Å². The summed E-state index contributed by atoms with van der Waals surface area (Å²) in [4.78, 5) is 5.26. The Balaban J connectivity index is 1.45. The highest BCUT2D eigenvalue weighted by molar-refractivity contribution is 5.85. The van der Waals surface area contributed by atoms with Gasteiger partial charge < -0.3 is 15.6 Å². The van der Waals surface area contributed by atoms with Crippen LogP contribution < -0.4 is 10.6 Å². The number of H-pyrrole nitrogens is 1. The normalized spacial score (nSPS) is 19.4. The number of nitrogens with zero attached hydrogens (tertiary/aromatic N) is 1. The second kappa shape index (κ2) is 9.58. The molecule has 1 aromatic heterocycles. The van der Waals surface area contributed by atoms with Crippen molar-refractivity contribution < 1.29 is 17.6 Å². The highest BCUT2D eigenvalue weighted by Gasteiger charge is 2.47. The number of aromatic nitrogens is 1. The van der Waals surface area contributed by atoms with Crippen LogP contribution in [0.15, 0.2) is 36.4 Å². The molecule has 0 saturated heterocycles. The number of hydrogen-bond acceptors (Lipinski definition) is 3. The lowest BCUT2D eigenvalue weighted by Gasteiger charge is -2.37. The zero-order valence-corrected chi connectivity index (χ0v) is 19.1. The molecule has 182 valence electrons. The predicted molar refractivity (Wildman–Crippen MR) is 127 cm³/mol. The highest BCUT2D eigenvalue weighted by Crippen LogP contribution is 2.46. The van der Waals surface area contributed by atoms with E-state index >= 15 is 8.78 Å². The first-order valence-electron chi connectivity index (χ1n) is 12.0. The fourth-order valence-electron chi connectivity index (χ4n) is 5.01. The van der Waals surface area contributed by atoms with Crippen molar-refractivity contribution in [2.45, 2.75) is 37.4 Å². The molecule has 1 fully saturated rings. The average molecular weight is 475 g/mol. The van der Waals surface area contributed by atoms with Gasteiger partial charge in [-0.05, 0) is 56.0 Å². The van der Waals surface area contributed by atoms with Crippen LogP contribution in [-0.4, -0.2) is 55.0 Å². The van der Waals surface area contributed by atoms with Gasteiger partial charge in [0.15, 0.2) is 0 Å². The Bertz CT molecular complexity index is 1130. The van der Waals surface area contributed by atoms with Crippen molar-refractivity contribution in [3.8, 4) is 0 Å². The predicted octanol–water partition coefficient (Wildman–Crippen LogP) is 5.26. The Kier molecular flexibility index (Phi) is 6.53. The van der Waals surface area contributed by atoms with Gasteiger partial charge in [0, 0.05) is 54.0 Å². The molecule has 1 aliphatic heterocycles. The molecule has 1 aliphatic carbocycles. The number of benzene rings is 2. The topological polar surface area (TPSA) is 43.1 Å². The summed E-state index contributed by atoms with van der Waals surface area (Å²) in [6.45, 7) is 1.89. The van der Waals surface area contributed by atoms with E-state index in [1.807, 2.05) is 29.2 Å². The molecule has 0 amide bonds. The van der Waals surface area contributed by atoms with Crippen LogP contribution in [0, 0.1) is 11.6 Å². The van der Waals surface area contributed by atoms with Crippen molar-refractivity contribution >= 4 is 16.6 Å². The van der Waals surface area contributed by atoms with E-state index in [-0.39, 0.29) is 18.8 Å².